The van der Waals surface area contributed by atoms with Crippen LogP contribution in [0.1, 0.15) is 18.0 Å². The molecule has 0 bridgehead atoms. The number of nitrogen functional groups attached to an aromatic ring is 1. The lowest BCUT2D eigenvalue weighted by Crippen LogP contribution is -2.28. The van der Waals surface area contributed by atoms with Crippen molar-refractivity contribution in [1.82, 2.24) is 29.5 Å². The minimum absolute atomic E-state index is 0.0130. The topological polar surface area (TPSA) is 102 Å². The minimum atomic E-state index is 0.0130. The predicted octanol–water partition coefficient (Wildman–Crippen LogP) is 2.28. The molecule has 1 amide bonds. The molecule has 4 rings (SSSR count). The van der Waals surface area contributed by atoms with Crippen LogP contribution in [0.5, 0.6) is 5.75 Å². The Kier molecular flexibility index (Phi) is 6.09. The van der Waals surface area contributed by atoms with Crippen LogP contribution in [0.25, 0.3) is 22.3 Å². The molecule has 0 unspecified atom stereocenters. The molecule has 2 aromatic heterocycles. The van der Waals surface area contributed by atoms with Crippen LogP contribution in [-0.4, -0.2) is 76.3 Å². The average Bonchev–Trinajstić information content (AvgIpc) is 3.39. The number of aryl methyl sites for hydroxylation is 1. The smallest absolute Gasteiger partial charge is 0.246 e. The summed E-state index contributed by atoms with van der Waals surface area (Å²) in [5.74, 6) is 1.18. The van der Waals surface area contributed by atoms with E-state index in [2.05, 4.69) is 9.97 Å². The normalized spacial score (nSPS) is 16.5. The van der Waals surface area contributed by atoms with Crippen molar-refractivity contribution in [3.63, 3.8) is 0 Å². The van der Waals surface area contributed by atoms with Crippen LogP contribution in [0.2, 0.25) is 0 Å². The summed E-state index contributed by atoms with van der Waals surface area (Å²) in [5.41, 5.74) is 9.56. The van der Waals surface area contributed by atoms with Gasteiger partial charge < -0.3 is 20.3 Å². The van der Waals surface area contributed by atoms with E-state index in [-0.39, 0.29) is 11.9 Å². The molecule has 168 valence electrons. The molecule has 0 saturated carbocycles. The molecule has 1 aliphatic heterocycles. The molecule has 1 aliphatic rings. The molecule has 9 heteroatoms. The van der Waals surface area contributed by atoms with Gasteiger partial charge in [0.1, 0.15) is 23.6 Å². The monoisotopic (exact) mass is 435 g/mol. The van der Waals surface area contributed by atoms with E-state index in [1.165, 1.54) is 6.33 Å². The van der Waals surface area contributed by atoms with Crippen LogP contribution >= 0.6 is 0 Å². The number of benzene rings is 1. The first-order chi connectivity index (χ1) is 15.4. The van der Waals surface area contributed by atoms with Gasteiger partial charge in [-0.15, -0.1) is 0 Å². The number of nitrogens with zero attached hydrogens (tertiary/aromatic N) is 6. The average molecular weight is 436 g/mol. The number of hydrogen-bond donors (Lipinski definition) is 1. The molecular formula is C23H29N7O2. The van der Waals surface area contributed by atoms with Gasteiger partial charge in [-0.2, -0.15) is 5.10 Å². The number of likely N-dealkylation sites (N-methyl/N-ethyl adjacent to an activating group) is 1. The minimum Gasteiger partial charge on any atom is -0.496 e. The fourth-order valence-electron chi connectivity index (χ4n) is 4.03. The van der Waals surface area contributed by atoms with E-state index in [1.807, 2.05) is 59.8 Å². The lowest BCUT2D eigenvalue weighted by atomic mass is 10.1. The van der Waals surface area contributed by atoms with Gasteiger partial charge in [-0.1, -0.05) is 18.2 Å². The summed E-state index contributed by atoms with van der Waals surface area (Å²) >= 11 is 0. The van der Waals surface area contributed by atoms with Gasteiger partial charge in [0.05, 0.1) is 18.5 Å². The summed E-state index contributed by atoms with van der Waals surface area (Å²) in [4.78, 5) is 25.1. The highest BCUT2D eigenvalue weighted by molar-refractivity contribution is 5.98. The lowest BCUT2D eigenvalue weighted by Gasteiger charge is -2.15. The molecule has 1 saturated heterocycles. The zero-order valence-corrected chi connectivity index (χ0v) is 18.9. The van der Waals surface area contributed by atoms with Gasteiger partial charge in [0.25, 0.3) is 0 Å². The number of rotatable bonds is 6. The second-order valence-electron chi connectivity index (χ2n) is 8.33. The Morgan fingerprint density at radius 3 is 2.91 bits per heavy atom. The second kappa shape index (κ2) is 8.96. The number of methoxy groups -OCH3 is 1. The first kappa shape index (κ1) is 21.8. The number of hydrogen-bond acceptors (Lipinski definition) is 7. The number of aromatic nitrogens is 4. The number of likely N-dealkylation sites (tertiary alicyclic amines) is 1. The summed E-state index contributed by atoms with van der Waals surface area (Å²) in [7, 11) is 5.59. The molecular weight excluding hydrogens is 406 g/mol. The fourth-order valence-corrected chi connectivity index (χ4v) is 4.03. The zero-order valence-electron chi connectivity index (χ0n) is 18.9. The molecule has 0 radical (unpaired) electrons. The van der Waals surface area contributed by atoms with Crippen LogP contribution in [0.4, 0.5) is 5.82 Å². The molecule has 0 spiro atoms. The molecule has 2 N–H and O–H groups in total. The van der Waals surface area contributed by atoms with E-state index < -0.39 is 0 Å². The van der Waals surface area contributed by atoms with Crippen LogP contribution in [0, 0.1) is 6.92 Å². The molecule has 32 heavy (non-hydrogen) atoms. The highest BCUT2D eigenvalue weighted by Crippen LogP contribution is 2.35. The summed E-state index contributed by atoms with van der Waals surface area (Å²) in [5, 5.41) is 5.62. The van der Waals surface area contributed by atoms with Crippen LogP contribution in [0.15, 0.2) is 36.7 Å². The van der Waals surface area contributed by atoms with Crippen molar-refractivity contribution in [3.05, 3.63) is 42.2 Å². The Labute approximate surface area is 187 Å². The third-order valence-corrected chi connectivity index (χ3v) is 5.75. The van der Waals surface area contributed by atoms with Crippen molar-refractivity contribution < 1.29 is 9.53 Å². The maximum atomic E-state index is 12.6. The van der Waals surface area contributed by atoms with Gasteiger partial charge >= 0.3 is 0 Å². The van der Waals surface area contributed by atoms with E-state index in [0.717, 1.165) is 29.8 Å². The maximum absolute atomic E-state index is 12.6. The molecule has 3 heterocycles. The number of nitrogens with two attached hydrogens (primary N) is 1. The van der Waals surface area contributed by atoms with Gasteiger partial charge in [-0.25, -0.2) is 14.6 Å². The van der Waals surface area contributed by atoms with Crippen molar-refractivity contribution >= 4 is 22.8 Å². The van der Waals surface area contributed by atoms with E-state index >= 15 is 0 Å². The van der Waals surface area contributed by atoms with Gasteiger partial charge in [0.15, 0.2) is 5.65 Å². The standard InChI is InChI=1S/C23H29N7O2/c1-15-7-8-16(12-18(15)32-4)21-20-22(24)25-14-26-23(20)30(27-21)17-9-11-29(13-17)19(31)6-5-10-28(2)3/h5-8,12,14,17H,9-11,13H2,1-4H3,(H2,24,25,26)/t17-/m1/s1. The van der Waals surface area contributed by atoms with E-state index in [1.54, 1.807) is 13.2 Å². The largest absolute Gasteiger partial charge is 0.496 e. The Hall–Kier alpha value is -3.46. The Bertz CT molecular complexity index is 1170. The number of fused-ring (bicyclic) bond motifs is 1. The molecule has 1 atom stereocenters. The molecule has 1 aromatic carbocycles. The molecule has 9 nitrogen and oxygen atoms in total. The second-order valence-corrected chi connectivity index (χ2v) is 8.33. The zero-order chi connectivity index (χ0) is 22.8. The summed E-state index contributed by atoms with van der Waals surface area (Å²) in [6.07, 6.45) is 5.78. The molecule has 1 fully saturated rings. The molecule has 0 aliphatic carbocycles. The Morgan fingerprint density at radius 1 is 1.34 bits per heavy atom. The van der Waals surface area contributed by atoms with Gasteiger partial charge in [-0.05, 0) is 39.1 Å². The van der Waals surface area contributed by atoms with Crippen molar-refractivity contribution in [3.8, 4) is 17.0 Å². The van der Waals surface area contributed by atoms with E-state index in [9.17, 15) is 4.79 Å². The van der Waals surface area contributed by atoms with Gasteiger partial charge in [0, 0.05) is 31.3 Å². The summed E-state index contributed by atoms with van der Waals surface area (Å²) in [6.45, 7) is 3.97. The van der Waals surface area contributed by atoms with Crippen LogP contribution in [0.3, 0.4) is 0 Å². The van der Waals surface area contributed by atoms with E-state index in [0.29, 0.717) is 35.6 Å². The summed E-state index contributed by atoms with van der Waals surface area (Å²) < 4.78 is 7.39. The fraction of sp³-hybridized carbons (Fsp3) is 0.391. The lowest BCUT2D eigenvalue weighted by molar-refractivity contribution is -0.125. The molecule has 3 aromatic rings. The van der Waals surface area contributed by atoms with Crippen molar-refractivity contribution in [2.75, 3.05) is 46.6 Å². The first-order valence-electron chi connectivity index (χ1n) is 10.6. The van der Waals surface area contributed by atoms with E-state index in [4.69, 9.17) is 15.6 Å². The quantitative estimate of drug-likeness (QED) is 0.593. The predicted molar refractivity (Wildman–Crippen MR) is 124 cm³/mol. The van der Waals surface area contributed by atoms with Crippen molar-refractivity contribution in [1.29, 1.82) is 0 Å². The number of anilines is 1. The van der Waals surface area contributed by atoms with Gasteiger partial charge in [0.2, 0.25) is 5.91 Å². The third kappa shape index (κ3) is 4.16. The number of carbonyl (C=O) groups is 1. The Morgan fingerprint density at radius 2 is 2.16 bits per heavy atom. The number of ether oxygens (including phenoxy) is 1. The van der Waals surface area contributed by atoms with Crippen LogP contribution < -0.4 is 10.5 Å². The summed E-state index contributed by atoms with van der Waals surface area (Å²) in [6, 6.07) is 5.96. The third-order valence-electron chi connectivity index (χ3n) is 5.75. The maximum Gasteiger partial charge on any atom is 0.246 e. The highest BCUT2D eigenvalue weighted by atomic mass is 16.5. The number of amides is 1. The highest BCUT2D eigenvalue weighted by Gasteiger charge is 2.30. The van der Waals surface area contributed by atoms with Gasteiger partial charge in [-0.3, -0.25) is 4.79 Å². The first-order valence-corrected chi connectivity index (χ1v) is 10.6. The van der Waals surface area contributed by atoms with Crippen LogP contribution in [-0.2, 0) is 4.79 Å². The SMILES string of the molecule is COc1cc(-c2nn([C@@H]3CCN(C(=O)C=CCN(C)C)C3)c3ncnc(N)c23)ccc1C. The van der Waals surface area contributed by atoms with Crippen molar-refractivity contribution in [2.45, 2.75) is 19.4 Å². The Balaban J connectivity index is 1.67. The van der Waals surface area contributed by atoms with Crippen molar-refractivity contribution in [2.24, 2.45) is 0 Å². The number of carbonyl (C=O) groups excluding carboxylic acids is 1.